The van der Waals surface area contributed by atoms with Crippen molar-refractivity contribution in [1.29, 1.82) is 5.26 Å². The van der Waals surface area contributed by atoms with Gasteiger partial charge in [-0.05, 0) is 67.6 Å². The summed E-state index contributed by atoms with van der Waals surface area (Å²) in [7, 11) is 0. The maximum Gasteiger partial charge on any atom is 0.157 e. The third-order valence-corrected chi connectivity index (χ3v) is 6.79. The molecule has 33 heavy (non-hydrogen) atoms. The molecule has 4 heterocycles. The molecular weight excluding hydrogens is 408 g/mol. The molecule has 1 aliphatic rings. The Bertz CT molecular complexity index is 1350. The average molecular weight is 439 g/mol. The van der Waals surface area contributed by atoms with Gasteiger partial charge in [0.1, 0.15) is 17.7 Å². The zero-order valence-electron chi connectivity index (χ0n) is 19.7. The first kappa shape index (κ1) is 21.3. The molecule has 168 valence electrons. The van der Waals surface area contributed by atoms with Crippen LogP contribution in [-0.2, 0) is 6.42 Å². The van der Waals surface area contributed by atoms with Crippen LogP contribution < -0.4 is 9.80 Å². The van der Waals surface area contributed by atoms with Gasteiger partial charge >= 0.3 is 0 Å². The zero-order chi connectivity index (χ0) is 22.9. The Morgan fingerprint density at radius 2 is 1.79 bits per heavy atom. The van der Waals surface area contributed by atoms with Crippen LogP contribution in [0.15, 0.2) is 42.6 Å². The number of rotatable bonds is 5. The van der Waals surface area contributed by atoms with E-state index in [0.29, 0.717) is 5.56 Å². The van der Waals surface area contributed by atoms with E-state index in [0.717, 1.165) is 73.5 Å². The van der Waals surface area contributed by atoms with Gasteiger partial charge in [0.05, 0.1) is 16.6 Å². The van der Waals surface area contributed by atoms with Crippen molar-refractivity contribution in [2.24, 2.45) is 0 Å². The maximum absolute atomic E-state index is 10.0. The number of hydrogen-bond acceptors (Lipinski definition) is 5. The van der Waals surface area contributed by atoms with Gasteiger partial charge in [0, 0.05) is 32.4 Å². The SMILES string of the molecule is CCCCc1c(C)c(C#N)c2nc3ccccc3n2c1N1CCN(c2cc(C)ccn2)CC1. The zero-order valence-corrected chi connectivity index (χ0v) is 19.7. The molecule has 0 N–H and O–H groups in total. The number of fused-ring (bicyclic) bond motifs is 3. The predicted molar refractivity (Wildman–Crippen MR) is 134 cm³/mol. The summed E-state index contributed by atoms with van der Waals surface area (Å²) in [5.74, 6) is 2.26. The van der Waals surface area contributed by atoms with Gasteiger partial charge in [0.25, 0.3) is 0 Å². The van der Waals surface area contributed by atoms with Gasteiger partial charge in [0.15, 0.2) is 5.65 Å². The number of benzene rings is 1. The Kier molecular flexibility index (Phi) is 5.63. The van der Waals surface area contributed by atoms with E-state index >= 15 is 0 Å². The molecule has 0 atom stereocenters. The smallest absolute Gasteiger partial charge is 0.157 e. The first-order valence-corrected chi connectivity index (χ1v) is 11.9. The van der Waals surface area contributed by atoms with Crippen molar-refractivity contribution in [1.82, 2.24) is 14.4 Å². The van der Waals surface area contributed by atoms with E-state index in [1.54, 1.807) is 0 Å². The van der Waals surface area contributed by atoms with Crippen LogP contribution >= 0.6 is 0 Å². The average Bonchev–Trinajstić information content (AvgIpc) is 3.21. The normalized spacial score (nSPS) is 14.2. The minimum atomic E-state index is 0.698. The largest absolute Gasteiger partial charge is 0.354 e. The summed E-state index contributed by atoms with van der Waals surface area (Å²) in [5.41, 5.74) is 7.07. The molecule has 0 unspecified atom stereocenters. The van der Waals surface area contributed by atoms with Crippen LogP contribution in [0.1, 0.15) is 42.0 Å². The van der Waals surface area contributed by atoms with E-state index in [9.17, 15) is 5.26 Å². The number of hydrogen-bond donors (Lipinski definition) is 0. The van der Waals surface area contributed by atoms with Crippen molar-refractivity contribution in [3.8, 4) is 6.07 Å². The lowest BCUT2D eigenvalue weighted by atomic mass is 9.99. The lowest BCUT2D eigenvalue weighted by Gasteiger charge is -2.38. The standard InChI is InChI=1S/C27H30N6/c1-4-5-8-21-20(3)22(18-28)26-30-23-9-6-7-10-24(23)33(26)27(21)32-15-13-31(14-16-32)25-17-19(2)11-12-29-25/h6-7,9-12,17H,4-5,8,13-16H2,1-3H3. The van der Waals surface area contributed by atoms with Crippen LogP contribution in [0.5, 0.6) is 0 Å². The third-order valence-electron chi connectivity index (χ3n) is 6.79. The summed E-state index contributed by atoms with van der Waals surface area (Å²) >= 11 is 0. The van der Waals surface area contributed by atoms with Crippen molar-refractivity contribution in [3.05, 3.63) is 64.8 Å². The Morgan fingerprint density at radius 3 is 2.52 bits per heavy atom. The van der Waals surface area contributed by atoms with Gasteiger partial charge < -0.3 is 9.80 Å². The highest BCUT2D eigenvalue weighted by molar-refractivity contribution is 5.86. The highest BCUT2D eigenvalue weighted by atomic mass is 15.3. The van der Waals surface area contributed by atoms with Crippen LogP contribution in [0, 0.1) is 25.2 Å². The number of aryl methyl sites for hydroxylation is 1. The molecule has 6 nitrogen and oxygen atoms in total. The second-order valence-electron chi connectivity index (χ2n) is 8.94. The van der Waals surface area contributed by atoms with Crippen LogP contribution in [0.4, 0.5) is 11.6 Å². The second-order valence-corrected chi connectivity index (χ2v) is 8.94. The number of nitriles is 1. The molecule has 0 saturated carbocycles. The number of pyridine rings is 2. The number of unbranched alkanes of at least 4 members (excludes halogenated alkanes) is 1. The molecule has 5 rings (SSSR count). The maximum atomic E-state index is 10.0. The summed E-state index contributed by atoms with van der Waals surface area (Å²) < 4.78 is 2.24. The summed E-state index contributed by atoms with van der Waals surface area (Å²) in [6, 6.07) is 14.9. The van der Waals surface area contributed by atoms with Crippen molar-refractivity contribution < 1.29 is 0 Å². The van der Waals surface area contributed by atoms with E-state index in [2.05, 4.69) is 64.2 Å². The predicted octanol–water partition coefficient (Wildman–Crippen LogP) is 5.04. The summed E-state index contributed by atoms with van der Waals surface area (Å²) in [5, 5.41) is 10.0. The first-order valence-electron chi connectivity index (χ1n) is 11.9. The number of para-hydroxylation sites is 2. The van der Waals surface area contributed by atoms with E-state index in [4.69, 9.17) is 4.98 Å². The molecule has 4 aromatic rings. The fourth-order valence-electron chi connectivity index (χ4n) is 4.99. The Balaban J connectivity index is 1.63. The van der Waals surface area contributed by atoms with Crippen LogP contribution in [0.3, 0.4) is 0 Å². The van der Waals surface area contributed by atoms with E-state index < -0.39 is 0 Å². The van der Waals surface area contributed by atoms with Gasteiger partial charge in [-0.2, -0.15) is 5.26 Å². The lowest BCUT2D eigenvalue weighted by Crippen LogP contribution is -2.47. The number of nitrogens with zero attached hydrogens (tertiary/aromatic N) is 6. The quantitative estimate of drug-likeness (QED) is 0.437. The number of aromatic nitrogens is 3. The summed E-state index contributed by atoms with van der Waals surface area (Å²) in [6.07, 6.45) is 5.08. The molecule has 0 amide bonds. The Labute approximate surface area is 195 Å². The van der Waals surface area contributed by atoms with Crippen LogP contribution in [0.25, 0.3) is 16.7 Å². The first-order chi connectivity index (χ1) is 16.1. The van der Waals surface area contributed by atoms with E-state index in [1.807, 2.05) is 24.4 Å². The molecule has 0 spiro atoms. The molecule has 1 saturated heterocycles. The number of imidazole rings is 1. The van der Waals surface area contributed by atoms with Gasteiger partial charge in [-0.1, -0.05) is 25.5 Å². The second kappa shape index (κ2) is 8.74. The molecule has 0 bridgehead atoms. The highest BCUT2D eigenvalue weighted by Crippen LogP contribution is 2.35. The molecule has 0 aliphatic carbocycles. The minimum Gasteiger partial charge on any atom is -0.354 e. The Morgan fingerprint density at radius 1 is 1.03 bits per heavy atom. The fraction of sp³-hybridized carbons (Fsp3) is 0.370. The van der Waals surface area contributed by atoms with Crippen molar-refractivity contribution >= 4 is 28.3 Å². The monoisotopic (exact) mass is 438 g/mol. The van der Waals surface area contributed by atoms with Gasteiger partial charge in [-0.15, -0.1) is 0 Å². The van der Waals surface area contributed by atoms with Gasteiger partial charge in [-0.25, -0.2) is 9.97 Å². The third kappa shape index (κ3) is 3.68. The fourth-order valence-corrected chi connectivity index (χ4v) is 4.99. The lowest BCUT2D eigenvalue weighted by molar-refractivity contribution is 0.634. The van der Waals surface area contributed by atoms with Gasteiger partial charge in [0.2, 0.25) is 0 Å². The summed E-state index contributed by atoms with van der Waals surface area (Å²) in [4.78, 5) is 14.3. The molecule has 0 radical (unpaired) electrons. The Hall–Kier alpha value is -3.59. The molecular formula is C27H30N6. The van der Waals surface area contributed by atoms with Crippen LogP contribution in [0.2, 0.25) is 0 Å². The molecule has 3 aromatic heterocycles. The van der Waals surface area contributed by atoms with Crippen molar-refractivity contribution in [2.75, 3.05) is 36.0 Å². The minimum absolute atomic E-state index is 0.698. The van der Waals surface area contributed by atoms with Crippen molar-refractivity contribution in [2.45, 2.75) is 40.0 Å². The van der Waals surface area contributed by atoms with Gasteiger partial charge in [-0.3, -0.25) is 4.40 Å². The molecule has 1 fully saturated rings. The number of anilines is 2. The van der Waals surface area contributed by atoms with E-state index in [-0.39, 0.29) is 0 Å². The highest BCUT2D eigenvalue weighted by Gasteiger charge is 2.27. The molecule has 6 heteroatoms. The van der Waals surface area contributed by atoms with E-state index in [1.165, 1.54) is 16.9 Å². The van der Waals surface area contributed by atoms with Crippen molar-refractivity contribution in [3.63, 3.8) is 0 Å². The van der Waals surface area contributed by atoms with Crippen LogP contribution in [-0.4, -0.2) is 40.5 Å². The molecule has 1 aliphatic heterocycles. The molecule has 1 aromatic carbocycles. The number of piperazine rings is 1. The summed E-state index contributed by atoms with van der Waals surface area (Å²) in [6.45, 7) is 10.1. The topological polar surface area (TPSA) is 60.5 Å².